The van der Waals surface area contributed by atoms with Crippen molar-refractivity contribution in [1.82, 2.24) is 0 Å². The minimum atomic E-state index is -0.112. The van der Waals surface area contributed by atoms with Crippen molar-refractivity contribution in [2.45, 2.75) is 95.3 Å². The minimum Gasteiger partial charge on any atom is -0.494 e. The number of carbonyl (C=O) groups excluding carboxylic acids is 1. The van der Waals surface area contributed by atoms with Crippen LogP contribution in [0, 0.1) is 0 Å². The first-order valence-corrected chi connectivity index (χ1v) is 14.6. The van der Waals surface area contributed by atoms with E-state index in [0.717, 1.165) is 44.6 Å². The Morgan fingerprint density at radius 3 is 1.91 bits per heavy atom. The highest BCUT2D eigenvalue weighted by Gasteiger charge is 2.03. The molecule has 0 radical (unpaired) electrons. The summed E-state index contributed by atoms with van der Waals surface area (Å²) in [5.74, 6) is 0.848. The Morgan fingerprint density at radius 1 is 0.676 bits per heavy atom. The number of carbonyl (C=O) groups is 1. The molecular weight excluding hydrogens is 448 g/mol. The van der Waals surface area contributed by atoms with E-state index in [1.165, 1.54) is 56.3 Å². The maximum Gasteiger partial charge on any atom is 0.305 e. The summed E-state index contributed by atoms with van der Waals surface area (Å²) in [6, 6.07) is 8.29. The van der Waals surface area contributed by atoms with Crippen LogP contribution in [0.3, 0.4) is 0 Å². The van der Waals surface area contributed by atoms with Gasteiger partial charge in [0.2, 0.25) is 0 Å². The van der Waals surface area contributed by atoms with E-state index >= 15 is 0 Å². The van der Waals surface area contributed by atoms with Gasteiger partial charge in [0.15, 0.2) is 0 Å². The van der Waals surface area contributed by atoms with Gasteiger partial charge in [-0.05, 0) is 49.8 Å². The number of unbranched alkanes of at least 4 members (excludes halogenated alkanes) is 10. The normalized spacial score (nSPS) is 11.0. The molecular formula is C28H48O5S. The molecule has 0 atom stereocenters. The van der Waals surface area contributed by atoms with Crippen LogP contribution in [0.5, 0.6) is 5.75 Å². The summed E-state index contributed by atoms with van der Waals surface area (Å²) >= 11 is 1.74. The van der Waals surface area contributed by atoms with Gasteiger partial charge in [-0.2, -0.15) is 0 Å². The van der Waals surface area contributed by atoms with Gasteiger partial charge in [0, 0.05) is 17.9 Å². The lowest BCUT2D eigenvalue weighted by Crippen LogP contribution is -2.13. The average Bonchev–Trinajstić information content (AvgIpc) is 2.86. The van der Waals surface area contributed by atoms with E-state index in [-0.39, 0.29) is 5.97 Å². The molecule has 34 heavy (non-hydrogen) atoms. The first-order valence-electron chi connectivity index (χ1n) is 13.3. The lowest BCUT2D eigenvalue weighted by atomic mass is 10.1. The van der Waals surface area contributed by atoms with Crippen molar-refractivity contribution >= 4 is 17.7 Å². The van der Waals surface area contributed by atoms with E-state index in [0.29, 0.717) is 32.8 Å². The van der Waals surface area contributed by atoms with Crippen molar-refractivity contribution in [3.8, 4) is 5.75 Å². The molecule has 1 aromatic rings. The van der Waals surface area contributed by atoms with Gasteiger partial charge in [0.05, 0.1) is 26.4 Å². The predicted molar refractivity (Wildman–Crippen MR) is 142 cm³/mol. The number of hydrogen-bond donors (Lipinski definition) is 0. The first-order chi connectivity index (χ1) is 16.8. The Kier molecular flexibility index (Phi) is 21.3. The molecule has 0 N–H and O–H groups in total. The van der Waals surface area contributed by atoms with E-state index in [4.69, 9.17) is 18.9 Å². The van der Waals surface area contributed by atoms with Crippen molar-refractivity contribution in [2.24, 2.45) is 0 Å². The van der Waals surface area contributed by atoms with Crippen molar-refractivity contribution < 1.29 is 23.7 Å². The van der Waals surface area contributed by atoms with Gasteiger partial charge in [-0.1, -0.05) is 64.7 Å². The van der Waals surface area contributed by atoms with Gasteiger partial charge in [-0.15, -0.1) is 11.8 Å². The standard InChI is InChI=1S/C28H48O5S/c1-3-4-5-13-20-30-22-23-31-24-25-33-28(29)15-12-10-8-6-7-9-11-14-21-32-26-16-18-27(34-2)19-17-26/h16-19H,3-15,20-25H2,1-2H3. The van der Waals surface area contributed by atoms with Crippen LogP contribution in [-0.2, 0) is 19.0 Å². The second-order valence-corrected chi connectivity index (χ2v) is 9.49. The molecule has 6 heteroatoms. The summed E-state index contributed by atoms with van der Waals surface area (Å²) in [5.41, 5.74) is 0. The maximum absolute atomic E-state index is 11.8. The molecule has 5 nitrogen and oxygen atoms in total. The van der Waals surface area contributed by atoms with Crippen LogP contribution in [0.4, 0.5) is 0 Å². The van der Waals surface area contributed by atoms with E-state index in [1.54, 1.807) is 11.8 Å². The van der Waals surface area contributed by atoms with Crippen molar-refractivity contribution in [2.75, 3.05) is 45.9 Å². The molecule has 0 spiro atoms. The lowest BCUT2D eigenvalue weighted by Gasteiger charge is -2.07. The molecule has 0 heterocycles. The molecule has 0 saturated heterocycles. The Balaban J connectivity index is 1.76. The predicted octanol–water partition coefficient (Wildman–Crippen LogP) is 7.45. The molecule has 1 aromatic carbocycles. The molecule has 1 rings (SSSR count). The van der Waals surface area contributed by atoms with E-state index in [2.05, 4.69) is 25.3 Å². The highest BCUT2D eigenvalue weighted by atomic mass is 32.2. The third kappa shape index (κ3) is 19.1. The van der Waals surface area contributed by atoms with Gasteiger partial charge < -0.3 is 18.9 Å². The van der Waals surface area contributed by atoms with Crippen LogP contribution in [0.2, 0.25) is 0 Å². The Bertz CT molecular complexity index is 579. The third-order valence-corrected chi connectivity index (χ3v) is 6.35. The van der Waals surface area contributed by atoms with Crippen LogP contribution >= 0.6 is 11.8 Å². The minimum absolute atomic E-state index is 0.112. The largest absolute Gasteiger partial charge is 0.494 e. The lowest BCUT2D eigenvalue weighted by molar-refractivity contribution is -0.145. The van der Waals surface area contributed by atoms with E-state index in [1.807, 2.05) is 12.1 Å². The van der Waals surface area contributed by atoms with Gasteiger partial charge in [-0.3, -0.25) is 4.79 Å². The molecule has 0 amide bonds. The highest BCUT2D eigenvalue weighted by Crippen LogP contribution is 2.19. The number of rotatable bonds is 24. The zero-order valence-corrected chi connectivity index (χ0v) is 22.5. The highest BCUT2D eigenvalue weighted by molar-refractivity contribution is 7.98. The number of thioether (sulfide) groups is 1. The second kappa shape index (κ2) is 23.5. The summed E-state index contributed by atoms with van der Waals surface area (Å²) in [5, 5.41) is 0. The summed E-state index contributed by atoms with van der Waals surface area (Å²) in [4.78, 5) is 13.0. The van der Waals surface area contributed by atoms with Crippen LogP contribution in [0.1, 0.15) is 90.4 Å². The van der Waals surface area contributed by atoms with E-state index < -0.39 is 0 Å². The SMILES string of the molecule is CCCCCCOCCOCCOC(=O)CCCCCCCCCCOc1ccc(SC)cc1. The zero-order valence-electron chi connectivity index (χ0n) is 21.7. The smallest absolute Gasteiger partial charge is 0.305 e. The summed E-state index contributed by atoms with van der Waals surface area (Å²) in [6.45, 7) is 5.75. The molecule has 0 unspecified atom stereocenters. The number of hydrogen-bond acceptors (Lipinski definition) is 6. The summed E-state index contributed by atoms with van der Waals surface area (Å²) in [7, 11) is 0. The fraction of sp³-hybridized carbons (Fsp3) is 0.750. The quantitative estimate of drug-likeness (QED) is 0.0841. The molecule has 0 aliphatic heterocycles. The molecule has 0 aliphatic rings. The Morgan fingerprint density at radius 2 is 1.24 bits per heavy atom. The fourth-order valence-electron chi connectivity index (χ4n) is 3.53. The van der Waals surface area contributed by atoms with Crippen LogP contribution < -0.4 is 4.74 Å². The second-order valence-electron chi connectivity index (χ2n) is 8.61. The zero-order chi connectivity index (χ0) is 24.5. The first kappa shape index (κ1) is 30.8. The van der Waals surface area contributed by atoms with Crippen molar-refractivity contribution in [3.05, 3.63) is 24.3 Å². The van der Waals surface area contributed by atoms with Gasteiger partial charge in [0.25, 0.3) is 0 Å². The van der Waals surface area contributed by atoms with Crippen LogP contribution in [0.15, 0.2) is 29.2 Å². The van der Waals surface area contributed by atoms with Crippen LogP contribution in [-0.4, -0.2) is 51.9 Å². The van der Waals surface area contributed by atoms with Gasteiger partial charge in [0.1, 0.15) is 12.4 Å². The van der Waals surface area contributed by atoms with Crippen molar-refractivity contribution in [3.63, 3.8) is 0 Å². The number of esters is 1. The summed E-state index contributed by atoms with van der Waals surface area (Å²) in [6.07, 6.45) is 16.7. The average molecular weight is 497 g/mol. The molecule has 0 aliphatic carbocycles. The van der Waals surface area contributed by atoms with E-state index in [9.17, 15) is 4.79 Å². The fourth-order valence-corrected chi connectivity index (χ4v) is 3.94. The van der Waals surface area contributed by atoms with Crippen LogP contribution in [0.25, 0.3) is 0 Å². The van der Waals surface area contributed by atoms with Crippen molar-refractivity contribution in [1.29, 1.82) is 0 Å². The topological polar surface area (TPSA) is 54.0 Å². The monoisotopic (exact) mass is 496 g/mol. The molecule has 0 saturated carbocycles. The number of ether oxygens (including phenoxy) is 4. The van der Waals surface area contributed by atoms with Gasteiger partial charge in [-0.25, -0.2) is 0 Å². The molecule has 196 valence electrons. The van der Waals surface area contributed by atoms with Gasteiger partial charge >= 0.3 is 5.97 Å². The summed E-state index contributed by atoms with van der Waals surface area (Å²) < 4.78 is 22.0. The molecule has 0 bridgehead atoms. The Labute approximate surface area is 212 Å². The Hall–Kier alpha value is -1.24. The molecule has 0 aromatic heterocycles. The third-order valence-electron chi connectivity index (χ3n) is 5.61. The maximum atomic E-state index is 11.8. The number of benzene rings is 1. The molecule has 0 fully saturated rings.